The highest BCUT2D eigenvalue weighted by Gasteiger charge is 2.46. The number of piperazine rings is 1. The maximum atomic E-state index is 12.9. The average molecular weight is 667 g/mol. The third-order valence-electron chi connectivity index (χ3n) is 10.3. The zero-order valence-electron chi connectivity index (χ0n) is 29.2. The molecule has 0 N–H and O–H groups in total. The Bertz CT molecular complexity index is 1320. The molecule has 2 aromatic rings. The van der Waals surface area contributed by atoms with Crippen molar-refractivity contribution in [3.63, 3.8) is 0 Å². The van der Waals surface area contributed by atoms with E-state index >= 15 is 0 Å². The molecule has 1 amide bonds. The van der Waals surface area contributed by atoms with Crippen molar-refractivity contribution < 1.29 is 19.1 Å². The van der Waals surface area contributed by atoms with Gasteiger partial charge in [0.1, 0.15) is 5.60 Å². The van der Waals surface area contributed by atoms with Crippen LogP contribution in [0.25, 0.3) is 0 Å². The van der Waals surface area contributed by atoms with Gasteiger partial charge in [-0.05, 0) is 114 Å². The highest BCUT2D eigenvalue weighted by molar-refractivity contribution is 6.30. The van der Waals surface area contributed by atoms with Crippen molar-refractivity contribution >= 4 is 29.4 Å². The van der Waals surface area contributed by atoms with Gasteiger partial charge in [0.2, 0.25) is 0 Å². The number of esters is 1. The van der Waals surface area contributed by atoms with Gasteiger partial charge in [0.05, 0.1) is 12.2 Å². The zero-order chi connectivity index (χ0) is 33.6. The Kier molecular flexibility index (Phi) is 11.8. The quantitative estimate of drug-likeness (QED) is 0.283. The van der Waals surface area contributed by atoms with Crippen molar-refractivity contribution in [3.8, 4) is 0 Å². The van der Waals surface area contributed by atoms with E-state index in [1.54, 1.807) is 0 Å². The molecule has 0 aromatic heterocycles. The molecule has 2 saturated heterocycles. The van der Waals surface area contributed by atoms with Gasteiger partial charge in [0.15, 0.2) is 0 Å². The van der Waals surface area contributed by atoms with Crippen LogP contribution in [0, 0.1) is 11.8 Å². The summed E-state index contributed by atoms with van der Waals surface area (Å²) in [6, 6.07) is 16.5. The summed E-state index contributed by atoms with van der Waals surface area (Å²) in [4.78, 5) is 34.6. The number of rotatable bonds is 8. The van der Waals surface area contributed by atoms with Crippen LogP contribution in [-0.2, 0) is 14.9 Å². The second-order valence-electron chi connectivity index (χ2n) is 14.9. The number of benzene rings is 2. The molecule has 1 saturated carbocycles. The molecule has 0 spiro atoms. The van der Waals surface area contributed by atoms with Crippen LogP contribution in [0.15, 0.2) is 48.5 Å². The first kappa shape index (κ1) is 35.5. The molecule has 5 rings (SSSR count). The average Bonchev–Trinajstić information content (AvgIpc) is 3.28. The molecule has 3 atom stereocenters. The van der Waals surface area contributed by atoms with Crippen molar-refractivity contribution in [3.05, 3.63) is 64.7 Å². The van der Waals surface area contributed by atoms with E-state index in [0.29, 0.717) is 30.6 Å². The summed E-state index contributed by atoms with van der Waals surface area (Å²) in [6.45, 7) is 19.7. The Morgan fingerprint density at radius 1 is 0.894 bits per heavy atom. The van der Waals surface area contributed by atoms with Crippen molar-refractivity contribution in [1.29, 1.82) is 0 Å². The molecule has 0 radical (unpaired) electrons. The summed E-state index contributed by atoms with van der Waals surface area (Å²) < 4.78 is 10.9. The SMILES string of the molecule is CCOC(=O)c1ccc(N2CCN(CC3CC(C)CCC3(CN3CCCN(C(=O)OC(C)(C)C)CC3)c3ccc(Cl)cc3)CC2)cc1. The summed E-state index contributed by atoms with van der Waals surface area (Å²) in [7, 11) is 0. The normalized spacial score (nSPS) is 24.9. The lowest BCUT2D eigenvalue weighted by atomic mass is 9.59. The van der Waals surface area contributed by atoms with E-state index in [-0.39, 0.29) is 17.5 Å². The first-order valence-electron chi connectivity index (χ1n) is 17.7. The molecule has 9 heteroatoms. The topological polar surface area (TPSA) is 65.6 Å². The number of halogens is 1. The minimum Gasteiger partial charge on any atom is -0.462 e. The van der Waals surface area contributed by atoms with Gasteiger partial charge in [-0.2, -0.15) is 0 Å². The van der Waals surface area contributed by atoms with Gasteiger partial charge in [-0.25, -0.2) is 9.59 Å². The van der Waals surface area contributed by atoms with Gasteiger partial charge in [-0.3, -0.25) is 4.90 Å². The van der Waals surface area contributed by atoms with Gasteiger partial charge < -0.3 is 24.2 Å². The number of hydrogen-bond donors (Lipinski definition) is 0. The van der Waals surface area contributed by atoms with E-state index in [2.05, 4.69) is 45.9 Å². The Hall–Kier alpha value is -2.81. The molecule has 258 valence electrons. The number of anilines is 1. The molecule has 2 aromatic carbocycles. The summed E-state index contributed by atoms with van der Waals surface area (Å²) in [5.74, 6) is 0.926. The minimum absolute atomic E-state index is 0.0122. The second kappa shape index (κ2) is 15.6. The van der Waals surface area contributed by atoms with Crippen LogP contribution in [0.3, 0.4) is 0 Å². The van der Waals surface area contributed by atoms with Crippen LogP contribution in [0.4, 0.5) is 10.5 Å². The number of carbonyl (C=O) groups is 2. The van der Waals surface area contributed by atoms with Crippen LogP contribution < -0.4 is 4.90 Å². The number of carbonyl (C=O) groups excluding carboxylic acids is 2. The van der Waals surface area contributed by atoms with E-state index in [1.165, 1.54) is 18.4 Å². The van der Waals surface area contributed by atoms with Crippen molar-refractivity contribution in [1.82, 2.24) is 14.7 Å². The predicted molar refractivity (Wildman–Crippen MR) is 190 cm³/mol. The largest absolute Gasteiger partial charge is 0.462 e. The van der Waals surface area contributed by atoms with E-state index in [1.807, 2.05) is 56.9 Å². The fourth-order valence-electron chi connectivity index (χ4n) is 7.81. The fourth-order valence-corrected chi connectivity index (χ4v) is 7.93. The number of nitrogens with zero attached hydrogens (tertiary/aromatic N) is 4. The lowest BCUT2D eigenvalue weighted by Crippen LogP contribution is -2.55. The molecular weight excluding hydrogens is 612 g/mol. The van der Waals surface area contributed by atoms with Gasteiger partial charge >= 0.3 is 12.1 Å². The monoisotopic (exact) mass is 666 g/mol. The fraction of sp³-hybridized carbons (Fsp3) is 0.632. The van der Waals surface area contributed by atoms with Crippen LogP contribution in [0.5, 0.6) is 0 Å². The number of hydrogen-bond acceptors (Lipinski definition) is 7. The number of ether oxygens (including phenoxy) is 2. The molecule has 8 nitrogen and oxygen atoms in total. The highest BCUT2D eigenvalue weighted by atomic mass is 35.5. The third kappa shape index (κ3) is 9.21. The lowest BCUT2D eigenvalue weighted by Gasteiger charge is -2.51. The summed E-state index contributed by atoms with van der Waals surface area (Å²) in [5, 5.41) is 0.777. The lowest BCUT2D eigenvalue weighted by molar-refractivity contribution is 0.0250. The molecule has 1 aliphatic carbocycles. The highest BCUT2D eigenvalue weighted by Crippen LogP contribution is 2.47. The Labute approximate surface area is 287 Å². The Balaban J connectivity index is 1.29. The maximum Gasteiger partial charge on any atom is 0.410 e. The van der Waals surface area contributed by atoms with Crippen molar-refractivity contribution in [2.24, 2.45) is 11.8 Å². The standard InChI is InChI=1S/C38H55ClN4O4/c1-6-46-35(44)30-8-14-34(15-9-30)42-23-20-40(21-24-42)27-32-26-29(2)16-17-38(32,31-10-12-33(39)13-11-31)28-41-18-7-19-43(25-22-41)36(45)47-37(3,4)5/h8-15,29,32H,6-7,16-28H2,1-5H3. The molecule has 47 heavy (non-hydrogen) atoms. The Morgan fingerprint density at radius 2 is 1.57 bits per heavy atom. The van der Waals surface area contributed by atoms with E-state index < -0.39 is 5.60 Å². The predicted octanol–water partition coefficient (Wildman–Crippen LogP) is 6.96. The van der Waals surface area contributed by atoms with Gasteiger partial charge in [0, 0.05) is 75.0 Å². The minimum atomic E-state index is -0.492. The van der Waals surface area contributed by atoms with E-state index in [4.69, 9.17) is 21.1 Å². The van der Waals surface area contributed by atoms with E-state index in [0.717, 1.165) is 82.5 Å². The molecule has 2 heterocycles. The molecular formula is C38H55ClN4O4. The first-order chi connectivity index (χ1) is 22.5. The zero-order valence-corrected chi connectivity index (χ0v) is 29.9. The van der Waals surface area contributed by atoms with E-state index in [9.17, 15) is 9.59 Å². The van der Waals surface area contributed by atoms with Crippen LogP contribution in [0.2, 0.25) is 5.02 Å². The summed E-state index contributed by atoms with van der Waals surface area (Å²) in [5.41, 5.74) is 2.67. The van der Waals surface area contributed by atoms with Crippen LogP contribution in [0.1, 0.15) is 76.2 Å². The van der Waals surface area contributed by atoms with Crippen LogP contribution in [-0.4, -0.2) is 104 Å². The van der Waals surface area contributed by atoms with Crippen LogP contribution >= 0.6 is 11.6 Å². The molecule has 3 aliphatic rings. The molecule has 3 fully saturated rings. The maximum absolute atomic E-state index is 12.9. The molecule has 0 bridgehead atoms. The Morgan fingerprint density at radius 3 is 2.23 bits per heavy atom. The van der Waals surface area contributed by atoms with Crippen molar-refractivity contribution in [2.75, 3.05) is 77.0 Å². The van der Waals surface area contributed by atoms with Gasteiger partial charge in [-0.15, -0.1) is 0 Å². The number of amides is 1. The third-order valence-corrected chi connectivity index (χ3v) is 10.6. The first-order valence-corrected chi connectivity index (χ1v) is 18.0. The van der Waals surface area contributed by atoms with Gasteiger partial charge in [-0.1, -0.05) is 30.7 Å². The molecule has 3 unspecified atom stereocenters. The second-order valence-corrected chi connectivity index (χ2v) is 15.3. The summed E-state index contributed by atoms with van der Waals surface area (Å²) in [6.07, 6.45) is 4.31. The molecule has 2 aliphatic heterocycles. The summed E-state index contributed by atoms with van der Waals surface area (Å²) >= 11 is 6.42. The smallest absolute Gasteiger partial charge is 0.410 e. The van der Waals surface area contributed by atoms with Gasteiger partial charge in [0.25, 0.3) is 0 Å². The van der Waals surface area contributed by atoms with Crippen molar-refractivity contribution in [2.45, 2.75) is 71.3 Å².